The first-order chi connectivity index (χ1) is 8.88. The van der Waals surface area contributed by atoms with Crippen molar-refractivity contribution in [3.63, 3.8) is 0 Å². The Labute approximate surface area is 116 Å². The van der Waals surface area contributed by atoms with Crippen molar-refractivity contribution < 1.29 is 4.79 Å². The zero-order valence-corrected chi connectivity index (χ0v) is 12.6. The predicted molar refractivity (Wildman–Crippen MR) is 78.8 cm³/mol. The van der Waals surface area contributed by atoms with E-state index >= 15 is 0 Å². The van der Waals surface area contributed by atoms with Crippen LogP contribution in [0, 0.1) is 0 Å². The van der Waals surface area contributed by atoms with Crippen molar-refractivity contribution in [2.75, 3.05) is 0 Å². The minimum absolute atomic E-state index is 0.0399. The van der Waals surface area contributed by atoms with E-state index < -0.39 is 0 Å². The second kappa shape index (κ2) is 6.75. The highest BCUT2D eigenvalue weighted by molar-refractivity contribution is 5.76. The number of nitrogens with two attached hydrogens (primary N) is 1. The Morgan fingerprint density at radius 1 is 1.47 bits per heavy atom. The maximum atomic E-state index is 11.9. The molecule has 0 aliphatic heterocycles. The van der Waals surface area contributed by atoms with Crippen LogP contribution in [0.2, 0.25) is 0 Å². The lowest BCUT2D eigenvalue weighted by Crippen LogP contribution is -2.44. The number of carbonyl (C=O) groups is 1. The zero-order valence-electron chi connectivity index (χ0n) is 12.6. The number of nitrogens with one attached hydrogen (secondary N) is 1. The molecule has 4 heteroatoms. The highest BCUT2D eigenvalue weighted by Crippen LogP contribution is 2.16. The van der Waals surface area contributed by atoms with Crippen LogP contribution in [-0.2, 0) is 11.3 Å². The van der Waals surface area contributed by atoms with E-state index in [4.69, 9.17) is 5.73 Å². The average Bonchev–Trinajstić information content (AvgIpc) is 2.77. The van der Waals surface area contributed by atoms with E-state index in [0.29, 0.717) is 6.54 Å². The van der Waals surface area contributed by atoms with Crippen LogP contribution in [0.3, 0.4) is 0 Å². The van der Waals surface area contributed by atoms with Crippen molar-refractivity contribution in [2.45, 2.75) is 65.1 Å². The molecule has 0 saturated heterocycles. The third-order valence-electron chi connectivity index (χ3n) is 3.49. The van der Waals surface area contributed by atoms with Gasteiger partial charge in [0.2, 0.25) is 5.91 Å². The first-order valence-electron chi connectivity index (χ1n) is 7.10. The van der Waals surface area contributed by atoms with E-state index in [0.717, 1.165) is 24.8 Å². The van der Waals surface area contributed by atoms with E-state index in [-0.39, 0.29) is 17.5 Å². The van der Waals surface area contributed by atoms with Crippen LogP contribution >= 0.6 is 0 Å². The summed E-state index contributed by atoms with van der Waals surface area (Å²) >= 11 is 0. The predicted octanol–water partition coefficient (Wildman–Crippen LogP) is 2.59. The molecule has 0 bridgehead atoms. The fourth-order valence-electron chi connectivity index (χ4n) is 1.93. The fraction of sp³-hybridized carbons (Fsp3) is 0.667. The lowest BCUT2D eigenvalue weighted by molar-refractivity contribution is -0.123. The minimum atomic E-state index is -0.147. The molecule has 19 heavy (non-hydrogen) atoms. The van der Waals surface area contributed by atoms with Gasteiger partial charge < -0.3 is 15.6 Å². The molecule has 0 aliphatic carbocycles. The Hall–Kier alpha value is -1.29. The summed E-state index contributed by atoms with van der Waals surface area (Å²) in [6.45, 7) is 8.60. The Morgan fingerprint density at radius 3 is 2.74 bits per heavy atom. The van der Waals surface area contributed by atoms with Crippen LogP contribution in [0.25, 0.3) is 0 Å². The molecular formula is C15H27N3O. The van der Waals surface area contributed by atoms with Crippen LogP contribution in [0.5, 0.6) is 0 Å². The molecule has 3 N–H and O–H groups in total. The molecule has 4 nitrogen and oxygen atoms in total. The molecule has 0 radical (unpaired) electrons. The lowest BCUT2D eigenvalue weighted by atomic mass is 10.0. The minimum Gasteiger partial charge on any atom is -0.350 e. The monoisotopic (exact) mass is 265 g/mol. The number of nitrogens with zero attached hydrogens (tertiary/aromatic N) is 1. The van der Waals surface area contributed by atoms with Crippen LogP contribution in [0.1, 0.15) is 58.6 Å². The molecule has 1 rings (SSSR count). The van der Waals surface area contributed by atoms with Gasteiger partial charge >= 0.3 is 0 Å². The molecule has 0 saturated carbocycles. The van der Waals surface area contributed by atoms with Gasteiger partial charge in [-0.3, -0.25) is 4.79 Å². The smallest absolute Gasteiger partial charge is 0.240 e. The third kappa shape index (κ3) is 5.07. The topological polar surface area (TPSA) is 60.0 Å². The number of hydrogen-bond donors (Lipinski definition) is 2. The van der Waals surface area contributed by atoms with Gasteiger partial charge in [-0.05, 0) is 38.3 Å². The Balaban J connectivity index is 2.56. The summed E-state index contributed by atoms with van der Waals surface area (Å²) in [7, 11) is 0. The average molecular weight is 265 g/mol. The quantitative estimate of drug-likeness (QED) is 0.796. The van der Waals surface area contributed by atoms with E-state index in [1.165, 1.54) is 0 Å². The summed E-state index contributed by atoms with van der Waals surface area (Å²) < 4.78 is 1.89. The Bertz CT molecular complexity index is 409. The molecule has 108 valence electrons. The standard InChI is InChI=1S/C15H27N3O/c1-5-7-13(16)12-8-9-18(10-12)11-14(19)17-15(3,4)6-2/h8-10,13H,5-7,11,16H2,1-4H3,(H,17,19). The van der Waals surface area contributed by atoms with E-state index in [1.54, 1.807) is 0 Å². The van der Waals surface area contributed by atoms with Gasteiger partial charge in [-0.1, -0.05) is 20.3 Å². The summed E-state index contributed by atoms with van der Waals surface area (Å²) in [4.78, 5) is 11.9. The van der Waals surface area contributed by atoms with Crippen LogP contribution < -0.4 is 11.1 Å². The van der Waals surface area contributed by atoms with Crippen LogP contribution in [0.4, 0.5) is 0 Å². The first-order valence-corrected chi connectivity index (χ1v) is 7.10. The number of rotatable bonds is 7. The molecule has 1 unspecified atom stereocenters. The van der Waals surface area contributed by atoms with Gasteiger partial charge in [-0.2, -0.15) is 0 Å². The molecule has 1 atom stereocenters. The summed E-state index contributed by atoms with van der Waals surface area (Å²) in [6, 6.07) is 2.07. The van der Waals surface area contributed by atoms with Gasteiger partial charge in [0.05, 0.1) is 0 Å². The highest BCUT2D eigenvalue weighted by atomic mass is 16.2. The van der Waals surface area contributed by atoms with Crippen molar-refractivity contribution in [1.29, 1.82) is 0 Å². The number of carbonyl (C=O) groups excluding carboxylic acids is 1. The van der Waals surface area contributed by atoms with Crippen LogP contribution in [0.15, 0.2) is 18.5 Å². The summed E-state index contributed by atoms with van der Waals surface area (Å²) in [5, 5.41) is 3.03. The fourth-order valence-corrected chi connectivity index (χ4v) is 1.93. The van der Waals surface area contributed by atoms with Crippen LogP contribution in [-0.4, -0.2) is 16.0 Å². The molecule has 0 aliphatic rings. The number of aromatic nitrogens is 1. The van der Waals surface area contributed by atoms with E-state index in [9.17, 15) is 4.79 Å². The molecule has 0 spiro atoms. The second-order valence-corrected chi connectivity index (χ2v) is 5.80. The molecular weight excluding hydrogens is 238 g/mol. The summed E-state index contributed by atoms with van der Waals surface area (Å²) in [5.41, 5.74) is 7.01. The summed E-state index contributed by atoms with van der Waals surface area (Å²) in [6.07, 6.45) is 6.84. The molecule has 1 amide bonds. The van der Waals surface area contributed by atoms with Gasteiger partial charge in [0.15, 0.2) is 0 Å². The third-order valence-corrected chi connectivity index (χ3v) is 3.49. The van der Waals surface area contributed by atoms with Crippen molar-refractivity contribution in [1.82, 2.24) is 9.88 Å². The van der Waals surface area contributed by atoms with Gasteiger partial charge in [0.25, 0.3) is 0 Å². The lowest BCUT2D eigenvalue weighted by Gasteiger charge is -2.24. The summed E-state index contributed by atoms with van der Waals surface area (Å²) in [5.74, 6) is 0.0399. The van der Waals surface area contributed by atoms with Gasteiger partial charge in [0.1, 0.15) is 6.54 Å². The SMILES string of the molecule is CCCC(N)c1ccn(CC(=O)NC(C)(C)CC)c1. The number of amides is 1. The van der Waals surface area contributed by atoms with Crippen molar-refractivity contribution in [3.8, 4) is 0 Å². The van der Waals surface area contributed by atoms with Crippen molar-refractivity contribution in [3.05, 3.63) is 24.0 Å². The normalized spacial score (nSPS) is 13.3. The molecule has 1 heterocycles. The van der Waals surface area contributed by atoms with Crippen molar-refractivity contribution in [2.24, 2.45) is 5.73 Å². The van der Waals surface area contributed by atoms with Gasteiger partial charge in [-0.15, -0.1) is 0 Å². The molecule has 1 aromatic rings. The van der Waals surface area contributed by atoms with Gasteiger partial charge in [-0.25, -0.2) is 0 Å². The Kier molecular flexibility index (Phi) is 5.60. The number of hydrogen-bond acceptors (Lipinski definition) is 2. The molecule has 0 fully saturated rings. The largest absolute Gasteiger partial charge is 0.350 e. The zero-order chi connectivity index (χ0) is 14.5. The Morgan fingerprint density at radius 2 is 2.16 bits per heavy atom. The first kappa shape index (κ1) is 15.8. The molecule has 1 aromatic heterocycles. The van der Waals surface area contributed by atoms with Gasteiger partial charge in [0, 0.05) is 24.0 Å². The maximum absolute atomic E-state index is 11.9. The maximum Gasteiger partial charge on any atom is 0.240 e. The highest BCUT2D eigenvalue weighted by Gasteiger charge is 2.17. The van der Waals surface area contributed by atoms with E-state index in [1.807, 2.05) is 36.9 Å². The second-order valence-electron chi connectivity index (χ2n) is 5.80. The van der Waals surface area contributed by atoms with Crippen molar-refractivity contribution >= 4 is 5.91 Å². The van der Waals surface area contributed by atoms with E-state index in [2.05, 4.69) is 19.2 Å². The molecule has 0 aromatic carbocycles.